The maximum absolute atomic E-state index is 6.44. The first-order chi connectivity index (χ1) is 9.29. The SMILES string of the molecule is Cc1ccc(C(C)(C)C)cc1C(N)c1cccc(N)c1. The van der Waals surface area contributed by atoms with Gasteiger partial charge in [-0.1, -0.05) is 51.1 Å². The summed E-state index contributed by atoms with van der Waals surface area (Å²) in [6, 6.07) is 14.2. The van der Waals surface area contributed by atoms with Gasteiger partial charge in [-0.15, -0.1) is 0 Å². The van der Waals surface area contributed by atoms with Gasteiger partial charge in [-0.2, -0.15) is 0 Å². The zero-order valence-electron chi connectivity index (χ0n) is 12.8. The molecule has 0 amide bonds. The van der Waals surface area contributed by atoms with E-state index in [0.717, 1.165) is 11.3 Å². The highest BCUT2D eigenvalue weighted by Gasteiger charge is 2.18. The average Bonchev–Trinajstić information content (AvgIpc) is 2.37. The molecule has 1 atom stereocenters. The maximum Gasteiger partial charge on any atom is 0.0555 e. The van der Waals surface area contributed by atoms with Crippen LogP contribution in [0.2, 0.25) is 0 Å². The predicted octanol–water partition coefficient (Wildman–Crippen LogP) is 3.92. The molecule has 0 fully saturated rings. The van der Waals surface area contributed by atoms with E-state index in [4.69, 9.17) is 11.5 Å². The zero-order valence-corrected chi connectivity index (χ0v) is 12.8. The predicted molar refractivity (Wildman–Crippen MR) is 86.8 cm³/mol. The molecule has 0 spiro atoms. The first kappa shape index (κ1) is 14.6. The Morgan fingerprint density at radius 2 is 1.70 bits per heavy atom. The second kappa shape index (κ2) is 5.29. The number of aryl methyl sites for hydroxylation is 1. The maximum atomic E-state index is 6.44. The lowest BCUT2D eigenvalue weighted by Gasteiger charge is -2.23. The minimum absolute atomic E-state index is 0.123. The molecule has 0 heterocycles. The Balaban J connectivity index is 2.46. The minimum atomic E-state index is -0.138. The van der Waals surface area contributed by atoms with E-state index in [0.29, 0.717) is 0 Å². The number of rotatable bonds is 2. The zero-order chi connectivity index (χ0) is 14.9. The van der Waals surface area contributed by atoms with Crippen molar-refractivity contribution in [1.29, 1.82) is 0 Å². The number of nitrogen functional groups attached to an aromatic ring is 1. The molecule has 4 N–H and O–H groups in total. The lowest BCUT2D eigenvalue weighted by molar-refractivity contribution is 0.588. The van der Waals surface area contributed by atoms with Crippen molar-refractivity contribution in [3.8, 4) is 0 Å². The molecule has 1 unspecified atom stereocenters. The standard InChI is InChI=1S/C18H24N2/c1-12-8-9-14(18(2,3)4)11-16(12)17(20)13-6-5-7-15(19)10-13/h5-11,17H,19-20H2,1-4H3. The van der Waals surface area contributed by atoms with Gasteiger partial charge in [0.15, 0.2) is 0 Å². The molecular weight excluding hydrogens is 244 g/mol. The van der Waals surface area contributed by atoms with E-state index in [1.807, 2.05) is 24.3 Å². The van der Waals surface area contributed by atoms with Gasteiger partial charge in [0.1, 0.15) is 0 Å². The van der Waals surface area contributed by atoms with Crippen LogP contribution in [0.5, 0.6) is 0 Å². The van der Waals surface area contributed by atoms with Crippen LogP contribution in [-0.2, 0) is 5.41 Å². The van der Waals surface area contributed by atoms with Gasteiger partial charge in [0.2, 0.25) is 0 Å². The van der Waals surface area contributed by atoms with Crippen molar-refractivity contribution in [3.63, 3.8) is 0 Å². The summed E-state index contributed by atoms with van der Waals surface area (Å²) < 4.78 is 0. The number of hydrogen-bond donors (Lipinski definition) is 2. The first-order valence-corrected chi connectivity index (χ1v) is 7.01. The summed E-state index contributed by atoms with van der Waals surface area (Å²) in [4.78, 5) is 0. The number of nitrogens with two attached hydrogens (primary N) is 2. The quantitative estimate of drug-likeness (QED) is 0.811. The molecule has 2 rings (SSSR count). The molecule has 20 heavy (non-hydrogen) atoms. The molecule has 0 aliphatic heterocycles. The third-order valence-corrected chi connectivity index (χ3v) is 3.75. The van der Waals surface area contributed by atoms with Crippen LogP contribution >= 0.6 is 0 Å². The Morgan fingerprint density at radius 1 is 1.00 bits per heavy atom. The van der Waals surface area contributed by atoms with E-state index in [1.54, 1.807) is 0 Å². The molecule has 2 aromatic rings. The topological polar surface area (TPSA) is 52.0 Å². The molecule has 0 saturated carbocycles. The van der Waals surface area contributed by atoms with Gasteiger partial charge in [-0.05, 0) is 46.7 Å². The first-order valence-electron chi connectivity index (χ1n) is 7.01. The van der Waals surface area contributed by atoms with Gasteiger partial charge in [0.05, 0.1) is 6.04 Å². The summed E-state index contributed by atoms with van der Waals surface area (Å²) in [5.41, 5.74) is 17.9. The monoisotopic (exact) mass is 268 g/mol. The Bertz CT molecular complexity index is 609. The summed E-state index contributed by atoms with van der Waals surface area (Å²) in [7, 11) is 0. The minimum Gasteiger partial charge on any atom is -0.399 e. The molecule has 0 radical (unpaired) electrons. The van der Waals surface area contributed by atoms with Crippen molar-refractivity contribution < 1.29 is 0 Å². The van der Waals surface area contributed by atoms with Crippen LogP contribution in [0.3, 0.4) is 0 Å². The molecule has 2 nitrogen and oxygen atoms in total. The fourth-order valence-electron chi connectivity index (χ4n) is 2.37. The number of hydrogen-bond acceptors (Lipinski definition) is 2. The van der Waals surface area contributed by atoms with Crippen LogP contribution in [0.25, 0.3) is 0 Å². The van der Waals surface area contributed by atoms with E-state index in [9.17, 15) is 0 Å². The highest BCUT2D eigenvalue weighted by Crippen LogP contribution is 2.29. The molecule has 0 aliphatic rings. The van der Waals surface area contributed by atoms with Gasteiger partial charge in [-0.3, -0.25) is 0 Å². The van der Waals surface area contributed by atoms with Crippen LogP contribution < -0.4 is 11.5 Å². The third-order valence-electron chi connectivity index (χ3n) is 3.75. The Hall–Kier alpha value is -1.80. The molecule has 0 aromatic heterocycles. The summed E-state index contributed by atoms with van der Waals surface area (Å²) in [5, 5.41) is 0. The summed E-state index contributed by atoms with van der Waals surface area (Å²) >= 11 is 0. The molecule has 2 heteroatoms. The van der Waals surface area contributed by atoms with E-state index in [1.165, 1.54) is 16.7 Å². The van der Waals surface area contributed by atoms with E-state index >= 15 is 0 Å². The number of anilines is 1. The normalized spacial score (nSPS) is 13.2. The summed E-state index contributed by atoms with van der Waals surface area (Å²) in [6.07, 6.45) is 0. The summed E-state index contributed by atoms with van der Waals surface area (Å²) in [6.45, 7) is 8.75. The highest BCUT2D eigenvalue weighted by atomic mass is 14.6. The molecule has 0 bridgehead atoms. The van der Waals surface area contributed by atoms with Crippen LogP contribution in [0, 0.1) is 6.92 Å². The van der Waals surface area contributed by atoms with Crippen molar-refractivity contribution in [1.82, 2.24) is 0 Å². The lowest BCUT2D eigenvalue weighted by atomic mass is 9.83. The van der Waals surface area contributed by atoms with Crippen molar-refractivity contribution in [2.24, 2.45) is 5.73 Å². The Morgan fingerprint density at radius 3 is 2.30 bits per heavy atom. The van der Waals surface area contributed by atoms with Crippen LogP contribution in [0.15, 0.2) is 42.5 Å². The van der Waals surface area contributed by atoms with Gasteiger partial charge >= 0.3 is 0 Å². The highest BCUT2D eigenvalue weighted by molar-refractivity contribution is 5.46. The van der Waals surface area contributed by atoms with E-state index in [-0.39, 0.29) is 11.5 Å². The molecule has 2 aromatic carbocycles. The second-order valence-corrected chi connectivity index (χ2v) is 6.47. The molecule has 0 saturated heterocycles. The third kappa shape index (κ3) is 3.02. The molecular formula is C18H24N2. The van der Waals surface area contributed by atoms with Gasteiger partial charge in [-0.25, -0.2) is 0 Å². The summed E-state index contributed by atoms with van der Waals surface area (Å²) in [5.74, 6) is 0. The Kier molecular flexibility index (Phi) is 3.87. The van der Waals surface area contributed by atoms with Crippen LogP contribution in [0.4, 0.5) is 5.69 Å². The fraction of sp³-hybridized carbons (Fsp3) is 0.333. The van der Waals surface area contributed by atoms with Crippen molar-refractivity contribution in [2.45, 2.75) is 39.2 Å². The molecule has 0 aliphatic carbocycles. The van der Waals surface area contributed by atoms with E-state index in [2.05, 4.69) is 45.9 Å². The van der Waals surface area contributed by atoms with Gasteiger partial charge in [0, 0.05) is 5.69 Å². The van der Waals surface area contributed by atoms with Crippen molar-refractivity contribution >= 4 is 5.69 Å². The fourth-order valence-corrected chi connectivity index (χ4v) is 2.37. The molecule has 106 valence electrons. The van der Waals surface area contributed by atoms with Crippen molar-refractivity contribution in [3.05, 3.63) is 64.7 Å². The van der Waals surface area contributed by atoms with Crippen molar-refractivity contribution in [2.75, 3.05) is 5.73 Å². The average molecular weight is 268 g/mol. The van der Waals surface area contributed by atoms with Gasteiger partial charge < -0.3 is 11.5 Å². The second-order valence-electron chi connectivity index (χ2n) is 6.47. The smallest absolute Gasteiger partial charge is 0.0555 e. The number of benzene rings is 2. The van der Waals surface area contributed by atoms with Gasteiger partial charge in [0.25, 0.3) is 0 Å². The largest absolute Gasteiger partial charge is 0.399 e. The Labute approximate surface area is 121 Å². The van der Waals surface area contributed by atoms with Crippen LogP contribution in [0.1, 0.15) is 49.1 Å². The van der Waals surface area contributed by atoms with E-state index < -0.39 is 0 Å². The van der Waals surface area contributed by atoms with Crippen LogP contribution in [-0.4, -0.2) is 0 Å². The lowest BCUT2D eigenvalue weighted by Crippen LogP contribution is -2.17.